The Morgan fingerprint density at radius 1 is 1.25 bits per heavy atom. The molecule has 2 aromatic rings. The van der Waals surface area contributed by atoms with Gasteiger partial charge in [-0.2, -0.15) is 4.31 Å². The van der Waals surface area contributed by atoms with Crippen LogP contribution >= 0.6 is 11.6 Å². The normalized spacial score (nSPS) is 16.9. The highest BCUT2D eigenvalue weighted by Gasteiger charge is 2.29. The van der Waals surface area contributed by atoms with Gasteiger partial charge in [-0.3, -0.25) is 0 Å². The predicted molar refractivity (Wildman–Crippen MR) is 79.5 cm³/mol. The lowest BCUT2D eigenvalue weighted by Gasteiger charge is -2.16. The second-order valence-electron chi connectivity index (χ2n) is 5.04. The first-order valence-electron chi connectivity index (χ1n) is 6.56. The molecule has 0 spiro atoms. The van der Waals surface area contributed by atoms with Gasteiger partial charge in [-0.25, -0.2) is 13.4 Å². The van der Waals surface area contributed by atoms with Crippen molar-refractivity contribution < 1.29 is 8.42 Å². The van der Waals surface area contributed by atoms with Crippen molar-refractivity contribution in [3.8, 4) is 0 Å². The number of aryl methyl sites for hydroxylation is 1. The number of sulfonamides is 1. The molecule has 1 aliphatic rings. The van der Waals surface area contributed by atoms with Gasteiger partial charge >= 0.3 is 0 Å². The summed E-state index contributed by atoms with van der Waals surface area (Å²) >= 11 is 6.05. The maximum Gasteiger partial charge on any atom is 0.245 e. The largest absolute Gasteiger partial charge is 0.245 e. The second-order valence-corrected chi connectivity index (χ2v) is 7.30. The highest BCUT2D eigenvalue weighted by molar-refractivity contribution is 7.89. The Kier molecular flexibility index (Phi) is 3.44. The fourth-order valence-electron chi connectivity index (χ4n) is 2.53. The van der Waals surface area contributed by atoms with Crippen molar-refractivity contribution in [2.75, 3.05) is 13.1 Å². The van der Waals surface area contributed by atoms with Crippen molar-refractivity contribution in [1.82, 2.24) is 9.29 Å². The Bertz CT molecular complexity index is 768. The lowest BCUT2D eigenvalue weighted by atomic mass is 10.2. The molecule has 3 rings (SSSR count). The van der Waals surface area contributed by atoms with Gasteiger partial charge in [0.2, 0.25) is 10.0 Å². The average Bonchev–Trinajstić information content (AvgIpc) is 2.94. The molecule has 4 nitrogen and oxygen atoms in total. The molecule has 0 aliphatic carbocycles. The first kappa shape index (κ1) is 13.8. The SMILES string of the molecule is Cc1cc2cccc(S(=O)(=O)N3CCCC3)c2nc1Cl. The smallest absolute Gasteiger partial charge is 0.234 e. The van der Waals surface area contributed by atoms with Crippen molar-refractivity contribution >= 4 is 32.5 Å². The molecule has 20 heavy (non-hydrogen) atoms. The number of hydrogen-bond donors (Lipinski definition) is 0. The molecule has 1 aromatic heterocycles. The maximum absolute atomic E-state index is 12.7. The van der Waals surface area contributed by atoms with Crippen LogP contribution in [-0.2, 0) is 10.0 Å². The van der Waals surface area contributed by atoms with Gasteiger partial charge in [0.25, 0.3) is 0 Å². The molecule has 106 valence electrons. The molecular formula is C14H15ClN2O2S. The lowest BCUT2D eigenvalue weighted by Crippen LogP contribution is -2.28. The molecule has 0 radical (unpaired) electrons. The summed E-state index contributed by atoms with van der Waals surface area (Å²) in [7, 11) is -3.48. The molecule has 1 aromatic carbocycles. The van der Waals surface area contributed by atoms with Crippen molar-refractivity contribution in [2.45, 2.75) is 24.7 Å². The van der Waals surface area contributed by atoms with Crippen LogP contribution in [0.25, 0.3) is 10.9 Å². The van der Waals surface area contributed by atoms with Crippen molar-refractivity contribution in [1.29, 1.82) is 0 Å². The minimum absolute atomic E-state index is 0.249. The third-order valence-electron chi connectivity index (χ3n) is 3.62. The number of para-hydroxylation sites is 1. The highest BCUT2D eigenvalue weighted by atomic mass is 35.5. The van der Waals surface area contributed by atoms with Crippen LogP contribution in [0, 0.1) is 6.92 Å². The van der Waals surface area contributed by atoms with Crippen LogP contribution in [0.15, 0.2) is 29.2 Å². The zero-order valence-corrected chi connectivity index (χ0v) is 12.7. The van der Waals surface area contributed by atoms with E-state index in [-0.39, 0.29) is 4.90 Å². The summed E-state index contributed by atoms with van der Waals surface area (Å²) < 4.78 is 26.9. The number of hydrogen-bond acceptors (Lipinski definition) is 3. The van der Waals surface area contributed by atoms with E-state index in [9.17, 15) is 8.42 Å². The van der Waals surface area contributed by atoms with E-state index in [0.29, 0.717) is 23.8 Å². The standard InChI is InChI=1S/C14H15ClN2O2S/c1-10-9-11-5-4-6-12(13(11)16-14(10)15)20(18,19)17-7-2-3-8-17/h4-6,9H,2-3,7-8H2,1H3. The topological polar surface area (TPSA) is 50.3 Å². The van der Waals surface area contributed by atoms with Gasteiger partial charge in [0.15, 0.2) is 0 Å². The molecule has 0 unspecified atom stereocenters. The molecular weight excluding hydrogens is 296 g/mol. The van der Waals surface area contributed by atoms with Crippen LogP contribution < -0.4 is 0 Å². The monoisotopic (exact) mass is 310 g/mol. The molecule has 1 aliphatic heterocycles. The van der Waals surface area contributed by atoms with Crippen molar-refractivity contribution in [3.05, 3.63) is 35.0 Å². The first-order valence-corrected chi connectivity index (χ1v) is 8.38. The van der Waals surface area contributed by atoms with Crippen LogP contribution in [0.3, 0.4) is 0 Å². The molecule has 0 N–H and O–H groups in total. The molecule has 0 amide bonds. The zero-order chi connectivity index (χ0) is 14.3. The van der Waals surface area contributed by atoms with Crippen LogP contribution in [0.4, 0.5) is 0 Å². The van der Waals surface area contributed by atoms with E-state index in [4.69, 9.17) is 11.6 Å². The van der Waals surface area contributed by atoms with Crippen LogP contribution in [0.1, 0.15) is 18.4 Å². The minimum Gasteiger partial charge on any atom is -0.234 e. The number of fused-ring (bicyclic) bond motifs is 1. The first-order chi connectivity index (χ1) is 9.50. The number of benzene rings is 1. The second kappa shape index (κ2) is 4.98. The summed E-state index contributed by atoms with van der Waals surface area (Å²) in [6, 6.07) is 7.08. The molecule has 0 saturated carbocycles. The molecule has 2 heterocycles. The quantitative estimate of drug-likeness (QED) is 0.801. The number of halogens is 1. The maximum atomic E-state index is 12.7. The van der Waals surface area contributed by atoms with Crippen LogP contribution in [-0.4, -0.2) is 30.8 Å². The highest BCUT2D eigenvalue weighted by Crippen LogP contribution is 2.28. The fraction of sp³-hybridized carbons (Fsp3) is 0.357. The number of aromatic nitrogens is 1. The van der Waals surface area contributed by atoms with Gasteiger partial charge in [-0.1, -0.05) is 23.7 Å². The minimum atomic E-state index is -3.48. The van der Waals surface area contributed by atoms with Gasteiger partial charge in [0.1, 0.15) is 10.0 Å². The number of pyridine rings is 1. The Hall–Kier alpha value is -1.17. The summed E-state index contributed by atoms with van der Waals surface area (Å²) in [4.78, 5) is 4.52. The Morgan fingerprint density at radius 3 is 2.65 bits per heavy atom. The van der Waals surface area contributed by atoms with E-state index in [1.165, 1.54) is 4.31 Å². The van der Waals surface area contributed by atoms with Crippen molar-refractivity contribution in [2.24, 2.45) is 0 Å². The van der Waals surface area contributed by atoms with Gasteiger partial charge in [0.05, 0.1) is 5.52 Å². The Morgan fingerprint density at radius 2 is 1.95 bits per heavy atom. The fourth-order valence-corrected chi connectivity index (χ4v) is 4.34. The van der Waals surface area contributed by atoms with Crippen LogP contribution in [0.2, 0.25) is 5.15 Å². The molecule has 0 atom stereocenters. The van der Waals surface area contributed by atoms with Crippen LogP contribution in [0.5, 0.6) is 0 Å². The van der Waals surface area contributed by atoms with Gasteiger partial charge in [-0.15, -0.1) is 0 Å². The van der Waals surface area contributed by atoms with E-state index < -0.39 is 10.0 Å². The van der Waals surface area contributed by atoms with Gasteiger partial charge in [0, 0.05) is 18.5 Å². The van der Waals surface area contributed by atoms with Gasteiger partial charge in [-0.05, 0) is 37.5 Å². The zero-order valence-electron chi connectivity index (χ0n) is 11.1. The van der Waals surface area contributed by atoms with E-state index in [1.807, 2.05) is 19.1 Å². The third kappa shape index (κ3) is 2.20. The Labute approximate surface area is 123 Å². The summed E-state index contributed by atoms with van der Waals surface area (Å²) in [6.45, 7) is 3.02. The van der Waals surface area contributed by atoms with E-state index in [2.05, 4.69) is 4.98 Å². The third-order valence-corrected chi connectivity index (χ3v) is 5.93. The number of rotatable bonds is 2. The van der Waals surface area contributed by atoms with E-state index >= 15 is 0 Å². The van der Waals surface area contributed by atoms with Gasteiger partial charge < -0.3 is 0 Å². The molecule has 6 heteroatoms. The van der Waals surface area contributed by atoms with Crippen molar-refractivity contribution in [3.63, 3.8) is 0 Å². The van der Waals surface area contributed by atoms with E-state index in [1.54, 1.807) is 12.1 Å². The number of nitrogens with zero attached hydrogens (tertiary/aromatic N) is 2. The molecule has 1 saturated heterocycles. The Balaban J connectivity index is 2.23. The lowest BCUT2D eigenvalue weighted by molar-refractivity contribution is 0.478. The summed E-state index contributed by atoms with van der Waals surface area (Å²) in [6.07, 6.45) is 1.83. The molecule has 1 fully saturated rings. The summed E-state index contributed by atoms with van der Waals surface area (Å²) in [5, 5.41) is 1.15. The summed E-state index contributed by atoms with van der Waals surface area (Å²) in [5.41, 5.74) is 1.30. The predicted octanol–water partition coefficient (Wildman–Crippen LogP) is 2.98. The van der Waals surface area contributed by atoms with E-state index in [0.717, 1.165) is 23.8 Å². The molecule has 0 bridgehead atoms. The summed E-state index contributed by atoms with van der Waals surface area (Å²) in [5.74, 6) is 0. The average molecular weight is 311 g/mol.